The van der Waals surface area contributed by atoms with Crippen LogP contribution < -0.4 is 11.1 Å². The maximum absolute atomic E-state index is 5.53. The SMILES string of the molecule is CCc1cnc(CNc2nc(N)ncc2Br)s1. The number of hydrogen-bond donors (Lipinski definition) is 2. The van der Waals surface area contributed by atoms with Gasteiger partial charge in [-0.05, 0) is 22.4 Å². The van der Waals surface area contributed by atoms with E-state index in [0.717, 1.165) is 15.9 Å². The average Bonchev–Trinajstić information content (AvgIpc) is 2.78. The summed E-state index contributed by atoms with van der Waals surface area (Å²) < 4.78 is 0.791. The molecule has 0 aliphatic carbocycles. The molecule has 0 bridgehead atoms. The smallest absolute Gasteiger partial charge is 0.221 e. The van der Waals surface area contributed by atoms with Gasteiger partial charge in [0.25, 0.3) is 0 Å². The number of aromatic nitrogens is 3. The molecule has 2 aromatic rings. The Kier molecular flexibility index (Phi) is 3.90. The number of aryl methyl sites for hydroxylation is 1. The zero-order valence-electron chi connectivity index (χ0n) is 9.27. The van der Waals surface area contributed by atoms with E-state index in [4.69, 9.17) is 5.73 Å². The van der Waals surface area contributed by atoms with Gasteiger partial charge < -0.3 is 11.1 Å². The number of nitrogens with two attached hydrogens (primary N) is 1. The van der Waals surface area contributed by atoms with Crippen LogP contribution in [0.4, 0.5) is 11.8 Å². The molecule has 0 saturated carbocycles. The normalized spacial score (nSPS) is 10.5. The van der Waals surface area contributed by atoms with Crippen LogP contribution >= 0.6 is 27.3 Å². The van der Waals surface area contributed by atoms with Gasteiger partial charge in [-0.2, -0.15) is 4.98 Å². The van der Waals surface area contributed by atoms with Crippen molar-refractivity contribution in [2.24, 2.45) is 0 Å². The summed E-state index contributed by atoms with van der Waals surface area (Å²) in [5, 5.41) is 4.21. The molecular formula is C10H12BrN5S. The molecule has 5 nitrogen and oxygen atoms in total. The minimum atomic E-state index is 0.254. The van der Waals surface area contributed by atoms with Crippen LogP contribution in [0.15, 0.2) is 16.9 Å². The number of nitrogen functional groups attached to an aromatic ring is 1. The van der Waals surface area contributed by atoms with Crippen molar-refractivity contribution >= 4 is 39.0 Å². The number of nitrogens with one attached hydrogen (secondary N) is 1. The summed E-state index contributed by atoms with van der Waals surface area (Å²) in [4.78, 5) is 13.6. The summed E-state index contributed by atoms with van der Waals surface area (Å²) in [6.07, 6.45) is 4.55. The lowest BCUT2D eigenvalue weighted by atomic mass is 10.4. The Bertz CT molecular complexity index is 513. The Balaban J connectivity index is 2.04. The van der Waals surface area contributed by atoms with Crippen molar-refractivity contribution in [2.45, 2.75) is 19.9 Å². The van der Waals surface area contributed by atoms with Crippen molar-refractivity contribution in [3.05, 3.63) is 26.8 Å². The second-order valence-electron chi connectivity index (χ2n) is 3.35. The molecule has 0 aromatic carbocycles. The first-order valence-electron chi connectivity index (χ1n) is 5.14. The molecule has 90 valence electrons. The van der Waals surface area contributed by atoms with E-state index in [2.05, 4.69) is 43.1 Å². The molecular weight excluding hydrogens is 302 g/mol. The molecule has 0 radical (unpaired) electrons. The van der Waals surface area contributed by atoms with E-state index < -0.39 is 0 Å². The number of rotatable bonds is 4. The zero-order valence-corrected chi connectivity index (χ0v) is 11.7. The van der Waals surface area contributed by atoms with Crippen molar-refractivity contribution < 1.29 is 0 Å². The molecule has 3 N–H and O–H groups in total. The van der Waals surface area contributed by atoms with Gasteiger partial charge in [0.2, 0.25) is 5.95 Å². The zero-order chi connectivity index (χ0) is 12.3. The standard InChI is InChI=1S/C10H12BrN5S/c1-2-6-3-13-8(17-6)5-14-9-7(11)4-15-10(12)16-9/h3-4H,2,5H2,1H3,(H3,12,14,15,16). The molecule has 0 saturated heterocycles. The van der Waals surface area contributed by atoms with E-state index >= 15 is 0 Å². The average molecular weight is 314 g/mol. The van der Waals surface area contributed by atoms with Gasteiger partial charge in [0, 0.05) is 17.3 Å². The van der Waals surface area contributed by atoms with Gasteiger partial charge in [-0.3, -0.25) is 0 Å². The third-order valence-corrected chi connectivity index (χ3v) is 3.84. The van der Waals surface area contributed by atoms with Crippen LogP contribution in [0.25, 0.3) is 0 Å². The first-order chi connectivity index (χ1) is 8.19. The monoisotopic (exact) mass is 313 g/mol. The lowest BCUT2D eigenvalue weighted by Crippen LogP contribution is -2.04. The maximum Gasteiger partial charge on any atom is 0.221 e. The molecule has 0 aliphatic rings. The second kappa shape index (κ2) is 5.42. The number of hydrogen-bond acceptors (Lipinski definition) is 6. The Morgan fingerprint density at radius 1 is 1.41 bits per heavy atom. The molecule has 2 heterocycles. The molecule has 2 aromatic heterocycles. The Morgan fingerprint density at radius 2 is 2.24 bits per heavy atom. The largest absolute Gasteiger partial charge is 0.368 e. The number of halogens is 1. The van der Waals surface area contributed by atoms with E-state index in [1.165, 1.54) is 4.88 Å². The molecule has 0 aliphatic heterocycles. The Labute approximate surface area is 112 Å². The van der Waals surface area contributed by atoms with Crippen LogP contribution in [0.3, 0.4) is 0 Å². The van der Waals surface area contributed by atoms with E-state index in [1.807, 2.05) is 6.20 Å². The van der Waals surface area contributed by atoms with Crippen LogP contribution in [0.2, 0.25) is 0 Å². The lowest BCUT2D eigenvalue weighted by molar-refractivity contribution is 1.05. The van der Waals surface area contributed by atoms with Gasteiger partial charge in [0.15, 0.2) is 0 Å². The third-order valence-electron chi connectivity index (χ3n) is 2.12. The quantitative estimate of drug-likeness (QED) is 0.906. The highest BCUT2D eigenvalue weighted by molar-refractivity contribution is 9.10. The minimum Gasteiger partial charge on any atom is -0.368 e. The van der Waals surface area contributed by atoms with Crippen LogP contribution in [0, 0.1) is 0 Å². The van der Waals surface area contributed by atoms with Crippen molar-refractivity contribution in [3.63, 3.8) is 0 Å². The van der Waals surface area contributed by atoms with Gasteiger partial charge in [0.1, 0.15) is 10.8 Å². The summed E-state index contributed by atoms with van der Waals surface area (Å²) in [5.41, 5.74) is 5.53. The molecule has 0 fully saturated rings. The highest BCUT2D eigenvalue weighted by Crippen LogP contribution is 2.21. The van der Waals surface area contributed by atoms with E-state index in [9.17, 15) is 0 Å². The highest BCUT2D eigenvalue weighted by Gasteiger charge is 2.05. The Hall–Kier alpha value is -1.21. The number of thiazole rings is 1. The summed E-state index contributed by atoms with van der Waals surface area (Å²) >= 11 is 5.06. The molecule has 7 heteroatoms. The third kappa shape index (κ3) is 3.13. The van der Waals surface area contributed by atoms with Crippen molar-refractivity contribution in [1.29, 1.82) is 0 Å². The molecule has 0 atom stereocenters. The summed E-state index contributed by atoms with van der Waals surface area (Å²) in [6.45, 7) is 2.76. The summed E-state index contributed by atoms with van der Waals surface area (Å²) in [6, 6.07) is 0. The predicted octanol–water partition coefficient (Wildman–Crippen LogP) is 2.45. The van der Waals surface area contributed by atoms with Crippen molar-refractivity contribution in [3.8, 4) is 0 Å². The molecule has 0 amide bonds. The van der Waals surface area contributed by atoms with Crippen LogP contribution in [-0.4, -0.2) is 15.0 Å². The first-order valence-corrected chi connectivity index (χ1v) is 6.75. The van der Waals surface area contributed by atoms with Gasteiger partial charge in [0.05, 0.1) is 11.0 Å². The summed E-state index contributed by atoms with van der Waals surface area (Å²) in [5.74, 6) is 0.940. The van der Waals surface area contributed by atoms with Crippen LogP contribution in [-0.2, 0) is 13.0 Å². The van der Waals surface area contributed by atoms with Crippen LogP contribution in [0.1, 0.15) is 16.8 Å². The molecule has 2 rings (SSSR count). The molecule has 0 unspecified atom stereocenters. The fourth-order valence-corrected chi connectivity index (χ4v) is 2.39. The number of anilines is 2. The van der Waals surface area contributed by atoms with E-state index in [-0.39, 0.29) is 5.95 Å². The van der Waals surface area contributed by atoms with E-state index in [1.54, 1.807) is 17.5 Å². The fraction of sp³-hybridized carbons (Fsp3) is 0.300. The van der Waals surface area contributed by atoms with Gasteiger partial charge in [-0.1, -0.05) is 6.92 Å². The molecule has 0 spiro atoms. The minimum absolute atomic E-state index is 0.254. The van der Waals surface area contributed by atoms with Crippen molar-refractivity contribution in [1.82, 2.24) is 15.0 Å². The lowest BCUT2D eigenvalue weighted by Gasteiger charge is -2.05. The van der Waals surface area contributed by atoms with Gasteiger partial charge in [-0.15, -0.1) is 11.3 Å². The highest BCUT2D eigenvalue weighted by atomic mass is 79.9. The predicted molar refractivity (Wildman–Crippen MR) is 73.0 cm³/mol. The maximum atomic E-state index is 5.53. The fourth-order valence-electron chi connectivity index (χ4n) is 1.26. The first kappa shape index (κ1) is 12.3. The molecule has 17 heavy (non-hydrogen) atoms. The second-order valence-corrected chi connectivity index (χ2v) is 5.41. The van der Waals surface area contributed by atoms with Crippen LogP contribution in [0.5, 0.6) is 0 Å². The van der Waals surface area contributed by atoms with Crippen molar-refractivity contribution in [2.75, 3.05) is 11.1 Å². The number of nitrogens with zero attached hydrogens (tertiary/aromatic N) is 3. The van der Waals surface area contributed by atoms with Gasteiger partial charge in [-0.25, -0.2) is 9.97 Å². The van der Waals surface area contributed by atoms with Gasteiger partial charge >= 0.3 is 0 Å². The topological polar surface area (TPSA) is 76.7 Å². The Morgan fingerprint density at radius 3 is 2.94 bits per heavy atom. The van der Waals surface area contributed by atoms with E-state index in [0.29, 0.717) is 12.4 Å². The summed E-state index contributed by atoms with van der Waals surface area (Å²) in [7, 11) is 0.